The maximum Gasteiger partial charge on any atom is 0.269 e. The molecule has 0 saturated heterocycles. The van der Waals surface area contributed by atoms with Gasteiger partial charge < -0.3 is 9.88 Å². The van der Waals surface area contributed by atoms with Crippen molar-refractivity contribution in [1.29, 1.82) is 0 Å². The summed E-state index contributed by atoms with van der Waals surface area (Å²) in [6, 6.07) is 7.39. The van der Waals surface area contributed by atoms with Crippen molar-refractivity contribution in [2.24, 2.45) is 0 Å². The number of benzene rings is 1. The van der Waals surface area contributed by atoms with Gasteiger partial charge in [0.1, 0.15) is 0 Å². The molecule has 1 heterocycles. The number of aromatic nitrogens is 2. The molecule has 0 spiro atoms. The highest BCUT2D eigenvalue weighted by molar-refractivity contribution is 5.32. The summed E-state index contributed by atoms with van der Waals surface area (Å²) in [6.45, 7) is 1.65. The van der Waals surface area contributed by atoms with Crippen LogP contribution in [-0.4, -0.2) is 21.0 Å². The van der Waals surface area contributed by atoms with Gasteiger partial charge in [0, 0.05) is 30.9 Å². The van der Waals surface area contributed by atoms with E-state index in [9.17, 15) is 10.1 Å². The standard InChI is InChI=1S/C15H18N4O2/c20-19(21)14-3-1-12(2-4-14)7-8-16-9-15-10-17-11-18(15)13-5-6-13/h1-4,10-11,13,16H,5-9H2. The van der Waals surface area contributed by atoms with Gasteiger partial charge in [-0.25, -0.2) is 4.98 Å². The predicted octanol–water partition coefficient (Wildman–Crippen LogP) is 2.46. The average Bonchev–Trinajstić information content (AvgIpc) is 3.23. The first-order valence-electron chi connectivity index (χ1n) is 7.19. The number of rotatable bonds is 7. The van der Waals surface area contributed by atoms with Gasteiger partial charge in [0.25, 0.3) is 5.69 Å². The van der Waals surface area contributed by atoms with Crippen LogP contribution in [0.2, 0.25) is 0 Å². The van der Waals surface area contributed by atoms with Gasteiger partial charge >= 0.3 is 0 Å². The summed E-state index contributed by atoms with van der Waals surface area (Å²) in [5.41, 5.74) is 2.46. The lowest BCUT2D eigenvalue weighted by Gasteiger charge is -2.08. The van der Waals surface area contributed by atoms with E-state index in [1.807, 2.05) is 24.7 Å². The lowest BCUT2D eigenvalue weighted by atomic mass is 10.1. The molecule has 1 aliphatic rings. The Hall–Kier alpha value is -2.21. The molecule has 6 heteroatoms. The fourth-order valence-electron chi connectivity index (χ4n) is 2.38. The predicted molar refractivity (Wildman–Crippen MR) is 79.0 cm³/mol. The molecule has 2 aromatic rings. The van der Waals surface area contributed by atoms with Crippen LogP contribution in [0.3, 0.4) is 0 Å². The summed E-state index contributed by atoms with van der Waals surface area (Å²) in [4.78, 5) is 14.4. The van der Waals surface area contributed by atoms with E-state index in [4.69, 9.17) is 0 Å². The molecule has 0 atom stereocenters. The molecule has 0 bridgehead atoms. The molecule has 6 nitrogen and oxygen atoms in total. The maximum absolute atomic E-state index is 10.6. The second-order valence-electron chi connectivity index (χ2n) is 5.37. The van der Waals surface area contributed by atoms with Gasteiger partial charge in [0.2, 0.25) is 0 Å². The zero-order valence-electron chi connectivity index (χ0n) is 11.7. The Morgan fingerprint density at radius 3 is 2.76 bits per heavy atom. The topological polar surface area (TPSA) is 73.0 Å². The molecule has 3 rings (SSSR count). The molecule has 21 heavy (non-hydrogen) atoms. The van der Waals surface area contributed by atoms with Crippen molar-refractivity contribution in [3.8, 4) is 0 Å². The number of nitro groups is 1. The molecule has 1 N–H and O–H groups in total. The molecule has 1 aromatic carbocycles. The lowest BCUT2D eigenvalue weighted by molar-refractivity contribution is -0.384. The number of hydrogen-bond acceptors (Lipinski definition) is 4. The van der Waals surface area contributed by atoms with E-state index >= 15 is 0 Å². The Labute approximate surface area is 123 Å². The van der Waals surface area contributed by atoms with E-state index in [0.717, 1.165) is 25.1 Å². The fraction of sp³-hybridized carbons (Fsp3) is 0.400. The van der Waals surface area contributed by atoms with Gasteiger partial charge in [-0.15, -0.1) is 0 Å². The van der Waals surface area contributed by atoms with Crippen molar-refractivity contribution in [3.63, 3.8) is 0 Å². The molecule has 110 valence electrons. The molecular formula is C15H18N4O2. The van der Waals surface area contributed by atoms with E-state index in [1.54, 1.807) is 12.1 Å². The normalized spacial score (nSPS) is 14.3. The van der Waals surface area contributed by atoms with Crippen molar-refractivity contribution < 1.29 is 4.92 Å². The second kappa shape index (κ2) is 6.05. The summed E-state index contributed by atoms with van der Waals surface area (Å²) in [5, 5.41) is 14.0. The van der Waals surface area contributed by atoms with Crippen LogP contribution < -0.4 is 5.32 Å². The molecule has 1 aliphatic carbocycles. The summed E-state index contributed by atoms with van der Waals surface area (Å²) in [5.74, 6) is 0. The van der Waals surface area contributed by atoms with Crippen molar-refractivity contribution in [1.82, 2.24) is 14.9 Å². The number of nitrogens with one attached hydrogen (secondary N) is 1. The van der Waals surface area contributed by atoms with Crippen LogP contribution >= 0.6 is 0 Å². The van der Waals surface area contributed by atoms with Crippen molar-refractivity contribution in [2.75, 3.05) is 6.54 Å². The largest absolute Gasteiger partial charge is 0.330 e. The summed E-state index contributed by atoms with van der Waals surface area (Å²) >= 11 is 0. The minimum Gasteiger partial charge on any atom is -0.330 e. The molecule has 0 unspecified atom stereocenters. The number of nitro benzene ring substituents is 1. The van der Waals surface area contributed by atoms with E-state index in [0.29, 0.717) is 6.04 Å². The van der Waals surface area contributed by atoms with Crippen LogP contribution in [0.25, 0.3) is 0 Å². The summed E-state index contributed by atoms with van der Waals surface area (Å²) in [7, 11) is 0. The van der Waals surface area contributed by atoms with Crippen LogP contribution in [-0.2, 0) is 13.0 Å². The average molecular weight is 286 g/mol. The number of imidazole rings is 1. The summed E-state index contributed by atoms with van der Waals surface area (Å²) in [6.07, 6.45) is 7.19. The number of hydrogen-bond donors (Lipinski definition) is 1. The van der Waals surface area contributed by atoms with Crippen molar-refractivity contribution in [3.05, 3.63) is 58.2 Å². The zero-order valence-corrected chi connectivity index (χ0v) is 11.7. The van der Waals surface area contributed by atoms with Crippen LogP contribution in [0.15, 0.2) is 36.8 Å². The maximum atomic E-state index is 10.6. The molecule has 0 amide bonds. The lowest BCUT2D eigenvalue weighted by Crippen LogP contribution is -2.18. The van der Waals surface area contributed by atoms with Crippen molar-refractivity contribution >= 4 is 5.69 Å². The van der Waals surface area contributed by atoms with Crippen LogP contribution in [0, 0.1) is 10.1 Å². The Morgan fingerprint density at radius 2 is 2.10 bits per heavy atom. The minimum absolute atomic E-state index is 0.139. The highest BCUT2D eigenvalue weighted by Crippen LogP contribution is 2.35. The van der Waals surface area contributed by atoms with Crippen molar-refractivity contribution in [2.45, 2.75) is 31.8 Å². The first-order chi connectivity index (χ1) is 10.2. The highest BCUT2D eigenvalue weighted by Gasteiger charge is 2.24. The van der Waals surface area contributed by atoms with Gasteiger partial charge in [0.15, 0.2) is 0 Å². The highest BCUT2D eigenvalue weighted by atomic mass is 16.6. The Kier molecular flexibility index (Phi) is 3.96. The molecule has 0 aliphatic heterocycles. The van der Waals surface area contributed by atoms with E-state index in [1.165, 1.54) is 18.5 Å². The number of non-ortho nitro benzene ring substituents is 1. The van der Waals surface area contributed by atoms with Gasteiger partial charge in [0.05, 0.1) is 16.9 Å². The van der Waals surface area contributed by atoms with Gasteiger partial charge in [-0.3, -0.25) is 10.1 Å². The van der Waals surface area contributed by atoms with Gasteiger partial charge in [-0.1, -0.05) is 12.1 Å². The van der Waals surface area contributed by atoms with Gasteiger partial charge in [-0.05, 0) is 31.4 Å². The third kappa shape index (κ3) is 3.46. The van der Waals surface area contributed by atoms with E-state index in [2.05, 4.69) is 14.9 Å². The van der Waals surface area contributed by atoms with Crippen LogP contribution in [0.5, 0.6) is 0 Å². The van der Waals surface area contributed by atoms with Crippen LogP contribution in [0.1, 0.15) is 30.1 Å². The first-order valence-corrected chi connectivity index (χ1v) is 7.19. The Morgan fingerprint density at radius 1 is 1.33 bits per heavy atom. The van der Waals surface area contributed by atoms with E-state index in [-0.39, 0.29) is 10.6 Å². The Balaban J connectivity index is 1.45. The second-order valence-corrected chi connectivity index (χ2v) is 5.37. The molecule has 1 aromatic heterocycles. The number of nitrogens with zero attached hydrogens (tertiary/aromatic N) is 3. The zero-order chi connectivity index (χ0) is 14.7. The molecular weight excluding hydrogens is 268 g/mol. The minimum atomic E-state index is -0.374. The molecule has 1 fully saturated rings. The quantitative estimate of drug-likeness (QED) is 0.482. The van der Waals surface area contributed by atoms with E-state index < -0.39 is 0 Å². The Bertz CT molecular complexity index is 617. The molecule has 0 radical (unpaired) electrons. The smallest absolute Gasteiger partial charge is 0.269 e. The molecule has 1 saturated carbocycles. The third-order valence-electron chi connectivity index (χ3n) is 3.73. The first kappa shape index (κ1) is 13.8. The summed E-state index contributed by atoms with van der Waals surface area (Å²) < 4.78 is 2.25. The van der Waals surface area contributed by atoms with Crippen LogP contribution in [0.4, 0.5) is 5.69 Å². The monoisotopic (exact) mass is 286 g/mol. The SMILES string of the molecule is O=[N+]([O-])c1ccc(CCNCc2cncn2C2CC2)cc1. The fourth-order valence-corrected chi connectivity index (χ4v) is 2.38. The van der Waals surface area contributed by atoms with Gasteiger partial charge in [-0.2, -0.15) is 0 Å². The third-order valence-corrected chi connectivity index (χ3v) is 3.73.